The highest BCUT2D eigenvalue weighted by molar-refractivity contribution is 5.80. The number of aromatic nitrogens is 2. The number of hydrogen-bond acceptors (Lipinski definition) is 4. The van der Waals surface area contributed by atoms with E-state index in [2.05, 4.69) is 9.55 Å². The van der Waals surface area contributed by atoms with Gasteiger partial charge in [-0.25, -0.2) is 4.98 Å². The van der Waals surface area contributed by atoms with Crippen LogP contribution in [-0.2, 0) is 11.3 Å². The highest BCUT2D eigenvalue weighted by atomic mass is 16.6. The normalized spacial score (nSPS) is 13.6. The van der Waals surface area contributed by atoms with Crippen molar-refractivity contribution in [1.82, 2.24) is 9.55 Å². The van der Waals surface area contributed by atoms with Gasteiger partial charge in [-0.3, -0.25) is 4.79 Å². The van der Waals surface area contributed by atoms with Gasteiger partial charge in [0.2, 0.25) is 0 Å². The molecule has 112 valence electrons. The lowest BCUT2D eigenvalue weighted by Gasteiger charge is -2.18. The number of benzene rings is 1. The van der Waals surface area contributed by atoms with Crippen LogP contribution in [0.1, 0.15) is 25.1 Å². The van der Waals surface area contributed by atoms with E-state index in [1.807, 2.05) is 19.1 Å². The minimum absolute atomic E-state index is 0.206. The summed E-state index contributed by atoms with van der Waals surface area (Å²) >= 11 is 0. The Morgan fingerprint density at radius 1 is 1.29 bits per heavy atom. The summed E-state index contributed by atoms with van der Waals surface area (Å²) in [4.78, 5) is 15.1. The molecule has 0 amide bonds. The average molecular weight is 290 g/mol. The molecular formula is C15H18N2O4. The van der Waals surface area contributed by atoms with Crippen LogP contribution in [0.5, 0.6) is 11.5 Å². The monoisotopic (exact) mass is 290 g/mol. The topological polar surface area (TPSA) is 73.6 Å². The zero-order valence-corrected chi connectivity index (χ0v) is 12.0. The fourth-order valence-corrected chi connectivity index (χ4v) is 2.61. The van der Waals surface area contributed by atoms with Gasteiger partial charge in [-0.1, -0.05) is 0 Å². The van der Waals surface area contributed by atoms with Crippen LogP contribution in [0.25, 0.3) is 11.0 Å². The number of hydrogen-bond donors (Lipinski definition) is 1. The maximum absolute atomic E-state index is 10.6. The first kappa shape index (κ1) is 13.7. The van der Waals surface area contributed by atoms with Crippen molar-refractivity contribution < 1.29 is 19.4 Å². The third kappa shape index (κ3) is 2.79. The molecule has 2 aromatic rings. The molecule has 0 atom stereocenters. The van der Waals surface area contributed by atoms with Gasteiger partial charge < -0.3 is 19.1 Å². The number of aryl methyl sites for hydroxylation is 2. The Hall–Kier alpha value is -2.24. The van der Waals surface area contributed by atoms with E-state index >= 15 is 0 Å². The van der Waals surface area contributed by atoms with E-state index in [1.165, 1.54) is 0 Å². The fraction of sp³-hybridized carbons (Fsp3) is 0.467. The molecule has 0 aliphatic carbocycles. The molecule has 0 unspecified atom stereocenters. The quantitative estimate of drug-likeness (QED) is 0.856. The van der Waals surface area contributed by atoms with Crippen LogP contribution in [0.15, 0.2) is 12.1 Å². The van der Waals surface area contributed by atoms with Crippen LogP contribution in [0.2, 0.25) is 0 Å². The van der Waals surface area contributed by atoms with Crippen LogP contribution in [0, 0.1) is 6.92 Å². The predicted molar refractivity (Wildman–Crippen MR) is 76.9 cm³/mol. The molecule has 21 heavy (non-hydrogen) atoms. The van der Waals surface area contributed by atoms with Crippen LogP contribution in [0.4, 0.5) is 0 Å². The van der Waals surface area contributed by atoms with Gasteiger partial charge in [0.15, 0.2) is 11.5 Å². The van der Waals surface area contributed by atoms with Crippen LogP contribution in [0.3, 0.4) is 0 Å². The number of nitrogens with zero attached hydrogens (tertiary/aromatic N) is 2. The first-order valence-electron chi connectivity index (χ1n) is 7.13. The summed E-state index contributed by atoms with van der Waals surface area (Å²) < 4.78 is 13.3. The first-order chi connectivity index (χ1) is 10.1. The fourth-order valence-electron chi connectivity index (χ4n) is 2.61. The SMILES string of the molecule is Cc1nc2cc3c(cc2n1CCCCC(=O)O)OCCO3. The zero-order valence-electron chi connectivity index (χ0n) is 12.0. The van der Waals surface area contributed by atoms with Crippen LogP contribution in [-0.4, -0.2) is 33.8 Å². The Morgan fingerprint density at radius 2 is 2.00 bits per heavy atom. The van der Waals surface area contributed by atoms with Crippen molar-refractivity contribution in [3.05, 3.63) is 18.0 Å². The molecule has 1 aliphatic heterocycles. The summed E-state index contributed by atoms with van der Waals surface area (Å²) in [5.41, 5.74) is 1.89. The average Bonchev–Trinajstić information content (AvgIpc) is 2.76. The summed E-state index contributed by atoms with van der Waals surface area (Å²) in [5.74, 6) is 1.66. The second-order valence-corrected chi connectivity index (χ2v) is 5.15. The van der Waals surface area contributed by atoms with Gasteiger partial charge in [0.05, 0.1) is 11.0 Å². The number of rotatable bonds is 5. The van der Waals surface area contributed by atoms with Gasteiger partial charge in [-0.15, -0.1) is 0 Å². The Labute approximate surface area is 122 Å². The maximum atomic E-state index is 10.6. The molecule has 0 saturated carbocycles. The van der Waals surface area contributed by atoms with Crippen molar-refractivity contribution in [2.75, 3.05) is 13.2 Å². The molecule has 0 spiro atoms. The molecule has 0 fully saturated rings. The van der Waals surface area contributed by atoms with Crippen molar-refractivity contribution in [2.45, 2.75) is 32.7 Å². The van der Waals surface area contributed by atoms with Crippen molar-refractivity contribution in [3.8, 4) is 11.5 Å². The number of imidazole rings is 1. The van der Waals surface area contributed by atoms with E-state index in [4.69, 9.17) is 14.6 Å². The maximum Gasteiger partial charge on any atom is 0.303 e. The smallest absolute Gasteiger partial charge is 0.303 e. The van der Waals surface area contributed by atoms with Gasteiger partial charge in [0.25, 0.3) is 0 Å². The largest absolute Gasteiger partial charge is 0.486 e. The third-order valence-corrected chi connectivity index (χ3v) is 3.63. The molecule has 6 heteroatoms. The van der Waals surface area contributed by atoms with E-state index in [1.54, 1.807) is 0 Å². The molecule has 1 aromatic carbocycles. The molecule has 0 bridgehead atoms. The molecule has 1 aliphatic rings. The molecule has 1 aromatic heterocycles. The summed E-state index contributed by atoms with van der Waals surface area (Å²) in [6.45, 7) is 3.84. The molecule has 2 heterocycles. The van der Waals surface area contributed by atoms with Gasteiger partial charge >= 0.3 is 5.97 Å². The Bertz CT molecular complexity index is 678. The van der Waals surface area contributed by atoms with Gasteiger partial charge in [0.1, 0.15) is 19.0 Å². The lowest BCUT2D eigenvalue weighted by atomic mass is 10.2. The predicted octanol–water partition coefficient (Wildman–Crippen LogP) is 2.37. The number of fused-ring (bicyclic) bond motifs is 2. The van der Waals surface area contributed by atoms with Crippen molar-refractivity contribution in [3.63, 3.8) is 0 Å². The zero-order chi connectivity index (χ0) is 14.8. The van der Waals surface area contributed by atoms with Crippen molar-refractivity contribution >= 4 is 17.0 Å². The van der Waals surface area contributed by atoms with Crippen LogP contribution < -0.4 is 9.47 Å². The first-order valence-corrected chi connectivity index (χ1v) is 7.13. The van der Waals surface area contributed by atoms with Crippen LogP contribution >= 0.6 is 0 Å². The van der Waals surface area contributed by atoms with E-state index in [-0.39, 0.29) is 6.42 Å². The number of carboxylic acids is 1. The highest BCUT2D eigenvalue weighted by Crippen LogP contribution is 2.34. The third-order valence-electron chi connectivity index (χ3n) is 3.63. The molecule has 1 N–H and O–H groups in total. The van der Waals surface area contributed by atoms with Crippen molar-refractivity contribution in [1.29, 1.82) is 0 Å². The number of ether oxygens (including phenoxy) is 2. The summed E-state index contributed by atoms with van der Waals surface area (Å²) in [6, 6.07) is 3.87. The second kappa shape index (κ2) is 5.63. The summed E-state index contributed by atoms with van der Waals surface area (Å²) in [6.07, 6.45) is 1.68. The number of unbranched alkanes of at least 4 members (excludes halogenated alkanes) is 1. The van der Waals surface area contributed by atoms with E-state index in [0.717, 1.165) is 41.3 Å². The number of carbonyl (C=O) groups is 1. The van der Waals surface area contributed by atoms with Crippen molar-refractivity contribution in [2.24, 2.45) is 0 Å². The molecule has 0 saturated heterocycles. The Balaban J connectivity index is 1.84. The van der Waals surface area contributed by atoms with Gasteiger partial charge in [0, 0.05) is 25.1 Å². The molecular weight excluding hydrogens is 272 g/mol. The number of aliphatic carboxylic acids is 1. The molecule has 6 nitrogen and oxygen atoms in total. The standard InChI is InChI=1S/C15H18N2O4/c1-10-16-11-8-13-14(21-7-6-20-13)9-12(11)17(10)5-3-2-4-15(18)19/h8-9H,2-7H2,1H3,(H,18,19). The second-order valence-electron chi connectivity index (χ2n) is 5.15. The highest BCUT2D eigenvalue weighted by Gasteiger charge is 2.16. The summed E-state index contributed by atoms with van der Waals surface area (Å²) in [7, 11) is 0. The summed E-state index contributed by atoms with van der Waals surface area (Å²) in [5, 5.41) is 8.68. The van der Waals surface area contributed by atoms with E-state index in [0.29, 0.717) is 19.6 Å². The lowest BCUT2D eigenvalue weighted by molar-refractivity contribution is -0.137. The molecule has 3 rings (SSSR count). The minimum Gasteiger partial charge on any atom is -0.486 e. The Kier molecular flexibility index (Phi) is 3.68. The van der Waals surface area contributed by atoms with Gasteiger partial charge in [-0.05, 0) is 19.8 Å². The number of carboxylic acid groups (broad SMARTS) is 1. The van der Waals surface area contributed by atoms with E-state index in [9.17, 15) is 4.79 Å². The van der Waals surface area contributed by atoms with Gasteiger partial charge in [-0.2, -0.15) is 0 Å². The minimum atomic E-state index is -0.748. The lowest BCUT2D eigenvalue weighted by Crippen LogP contribution is -2.15. The van der Waals surface area contributed by atoms with E-state index < -0.39 is 5.97 Å². The molecule has 0 radical (unpaired) electrons. The Morgan fingerprint density at radius 3 is 2.71 bits per heavy atom.